The van der Waals surface area contributed by atoms with Gasteiger partial charge < -0.3 is 5.11 Å². The number of amides is 1. The number of hydrogen-bond acceptors (Lipinski definition) is 4. The Bertz CT molecular complexity index is 695. The van der Waals surface area contributed by atoms with E-state index in [0.717, 1.165) is 18.2 Å². The molecule has 0 spiro atoms. The van der Waals surface area contributed by atoms with Crippen LogP contribution in [0.3, 0.4) is 0 Å². The SMILES string of the molecule is CC1(C)C(=O)N(c2c(F)cccc2C(=O)O)S1(=O)=O. The third-order valence-electron chi connectivity index (χ3n) is 3.01. The summed E-state index contributed by atoms with van der Waals surface area (Å²) in [6.07, 6.45) is 0. The van der Waals surface area contributed by atoms with Gasteiger partial charge in [-0.3, -0.25) is 4.79 Å². The molecule has 1 amide bonds. The predicted octanol–water partition coefficient (Wildman–Crippen LogP) is 0.979. The lowest BCUT2D eigenvalue weighted by atomic mass is 10.1. The molecule has 2 rings (SSSR count). The number of carboxylic acids is 1. The van der Waals surface area contributed by atoms with E-state index in [9.17, 15) is 22.4 Å². The van der Waals surface area contributed by atoms with Gasteiger partial charge in [0.25, 0.3) is 15.9 Å². The first-order valence-electron chi connectivity index (χ1n) is 5.23. The zero-order valence-corrected chi connectivity index (χ0v) is 10.9. The van der Waals surface area contributed by atoms with Crippen LogP contribution in [0.4, 0.5) is 10.1 Å². The average molecular weight is 287 g/mol. The van der Waals surface area contributed by atoms with E-state index in [1.54, 1.807) is 0 Å². The molecule has 8 heteroatoms. The summed E-state index contributed by atoms with van der Waals surface area (Å²) in [6.45, 7) is 2.37. The quantitative estimate of drug-likeness (QED) is 0.875. The molecule has 1 heterocycles. The van der Waals surface area contributed by atoms with Crippen LogP contribution in [0.1, 0.15) is 24.2 Å². The number of sulfonamides is 1. The molecular formula is C11H10FNO5S. The largest absolute Gasteiger partial charge is 0.478 e. The maximum absolute atomic E-state index is 13.7. The molecule has 6 nitrogen and oxygen atoms in total. The number of halogens is 1. The topological polar surface area (TPSA) is 91.8 Å². The standard InChI is InChI=1S/C11H10FNO5S/c1-11(2)10(16)13(19(11,17)18)8-6(9(14)15)4-3-5-7(8)12/h3-5H,1-2H3,(H,14,15). The van der Waals surface area contributed by atoms with Crippen LogP contribution in [0.25, 0.3) is 0 Å². The Labute approximate surface area is 108 Å². The van der Waals surface area contributed by atoms with Crippen molar-refractivity contribution in [1.82, 2.24) is 0 Å². The molecule has 1 fully saturated rings. The smallest absolute Gasteiger partial charge is 0.337 e. The maximum atomic E-state index is 13.7. The Kier molecular flexibility index (Phi) is 2.67. The highest BCUT2D eigenvalue weighted by Crippen LogP contribution is 2.41. The normalized spacial score (nSPS) is 19.9. The zero-order valence-electron chi connectivity index (χ0n) is 10.0. The first-order chi connectivity index (χ1) is 8.62. The molecule has 0 aromatic heterocycles. The first-order valence-corrected chi connectivity index (χ1v) is 6.67. The van der Waals surface area contributed by atoms with Crippen molar-refractivity contribution in [2.24, 2.45) is 0 Å². The minimum atomic E-state index is -4.10. The van der Waals surface area contributed by atoms with E-state index in [-0.39, 0.29) is 4.31 Å². The van der Waals surface area contributed by atoms with Gasteiger partial charge in [0.05, 0.1) is 5.56 Å². The second-order valence-electron chi connectivity index (χ2n) is 4.53. The summed E-state index contributed by atoms with van der Waals surface area (Å²) in [5.74, 6) is -3.45. The molecule has 0 aliphatic carbocycles. The van der Waals surface area contributed by atoms with Crippen LogP contribution >= 0.6 is 0 Å². The maximum Gasteiger partial charge on any atom is 0.337 e. The van der Waals surface area contributed by atoms with Gasteiger partial charge in [0.15, 0.2) is 4.75 Å². The molecule has 1 saturated heterocycles. The fraction of sp³-hybridized carbons (Fsp3) is 0.273. The number of aromatic carboxylic acids is 1. The number of carboxylic acid groups (broad SMARTS) is 1. The van der Waals surface area contributed by atoms with Crippen molar-refractivity contribution in [1.29, 1.82) is 0 Å². The van der Waals surface area contributed by atoms with Crippen molar-refractivity contribution >= 4 is 27.6 Å². The Morgan fingerprint density at radius 3 is 2.42 bits per heavy atom. The number of benzene rings is 1. The highest BCUT2D eigenvalue weighted by Gasteiger charge is 2.62. The highest BCUT2D eigenvalue weighted by atomic mass is 32.2. The number of rotatable bonds is 2. The molecular weight excluding hydrogens is 277 g/mol. The first kappa shape index (κ1) is 13.5. The van der Waals surface area contributed by atoms with Crippen molar-refractivity contribution < 1.29 is 27.5 Å². The molecule has 0 bridgehead atoms. The molecule has 1 N–H and O–H groups in total. The number of para-hydroxylation sites is 1. The van der Waals surface area contributed by atoms with Gasteiger partial charge in [0.2, 0.25) is 0 Å². The minimum absolute atomic E-state index is 0.214. The Morgan fingerprint density at radius 2 is 1.95 bits per heavy atom. The second kappa shape index (κ2) is 3.77. The molecule has 0 radical (unpaired) electrons. The van der Waals surface area contributed by atoms with Crippen LogP contribution < -0.4 is 4.31 Å². The number of carbonyl (C=O) groups excluding carboxylic acids is 1. The Morgan fingerprint density at radius 1 is 1.37 bits per heavy atom. The van der Waals surface area contributed by atoms with Gasteiger partial charge in [-0.25, -0.2) is 21.9 Å². The molecule has 0 atom stereocenters. The van der Waals surface area contributed by atoms with E-state index >= 15 is 0 Å². The molecule has 1 aliphatic heterocycles. The van der Waals surface area contributed by atoms with E-state index in [2.05, 4.69) is 0 Å². The molecule has 0 unspecified atom stereocenters. The molecule has 19 heavy (non-hydrogen) atoms. The lowest BCUT2D eigenvalue weighted by molar-refractivity contribution is -0.120. The third-order valence-corrected chi connectivity index (χ3v) is 5.30. The van der Waals surface area contributed by atoms with Gasteiger partial charge in [-0.2, -0.15) is 0 Å². The Hall–Kier alpha value is -1.96. The average Bonchev–Trinajstić information content (AvgIpc) is 2.30. The van der Waals surface area contributed by atoms with Gasteiger partial charge in [-0.05, 0) is 26.0 Å². The summed E-state index contributed by atoms with van der Waals surface area (Å²) >= 11 is 0. The number of carbonyl (C=O) groups is 2. The van der Waals surface area contributed by atoms with Gasteiger partial charge in [-0.15, -0.1) is 0 Å². The third kappa shape index (κ3) is 1.56. The summed E-state index contributed by atoms with van der Waals surface area (Å²) < 4.78 is 36.2. The van der Waals surface area contributed by atoms with Crippen molar-refractivity contribution in [3.05, 3.63) is 29.6 Å². The zero-order chi connectivity index (χ0) is 14.6. The van der Waals surface area contributed by atoms with Crippen molar-refractivity contribution in [2.75, 3.05) is 4.31 Å². The van der Waals surface area contributed by atoms with Gasteiger partial charge in [0.1, 0.15) is 11.5 Å². The van der Waals surface area contributed by atoms with Crippen LogP contribution in [-0.4, -0.2) is 30.1 Å². The summed E-state index contributed by atoms with van der Waals surface area (Å²) in [7, 11) is -4.10. The van der Waals surface area contributed by atoms with Crippen LogP contribution in [0.5, 0.6) is 0 Å². The number of hydrogen-bond donors (Lipinski definition) is 1. The van der Waals surface area contributed by atoms with Crippen LogP contribution in [-0.2, 0) is 14.8 Å². The van der Waals surface area contributed by atoms with Crippen molar-refractivity contribution in [3.63, 3.8) is 0 Å². The van der Waals surface area contributed by atoms with Crippen LogP contribution in [0.2, 0.25) is 0 Å². The van der Waals surface area contributed by atoms with E-state index < -0.39 is 43.7 Å². The molecule has 1 aromatic rings. The van der Waals surface area contributed by atoms with E-state index in [4.69, 9.17) is 5.11 Å². The fourth-order valence-corrected chi connectivity index (χ4v) is 3.28. The number of nitrogens with zero attached hydrogens (tertiary/aromatic N) is 1. The fourth-order valence-electron chi connectivity index (χ4n) is 1.77. The predicted molar refractivity (Wildman–Crippen MR) is 63.8 cm³/mol. The van der Waals surface area contributed by atoms with Gasteiger partial charge in [-0.1, -0.05) is 6.07 Å². The Balaban J connectivity index is 2.69. The van der Waals surface area contributed by atoms with Gasteiger partial charge >= 0.3 is 5.97 Å². The molecule has 1 aromatic carbocycles. The van der Waals surface area contributed by atoms with E-state index in [0.29, 0.717) is 0 Å². The van der Waals surface area contributed by atoms with E-state index in [1.807, 2.05) is 0 Å². The second-order valence-corrected chi connectivity index (χ2v) is 6.86. The van der Waals surface area contributed by atoms with Gasteiger partial charge in [0, 0.05) is 0 Å². The summed E-state index contributed by atoms with van der Waals surface area (Å²) in [6, 6.07) is 3.06. The summed E-state index contributed by atoms with van der Waals surface area (Å²) in [4.78, 5) is 22.8. The minimum Gasteiger partial charge on any atom is -0.478 e. The van der Waals surface area contributed by atoms with E-state index in [1.165, 1.54) is 13.8 Å². The monoisotopic (exact) mass is 287 g/mol. The summed E-state index contributed by atoms with van der Waals surface area (Å²) in [5, 5.41) is 8.95. The molecule has 0 saturated carbocycles. The summed E-state index contributed by atoms with van der Waals surface area (Å²) in [5.41, 5.74) is -1.31. The lowest BCUT2D eigenvalue weighted by Crippen LogP contribution is -2.68. The molecule has 102 valence electrons. The molecule has 1 aliphatic rings. The highest BCUT2D eigenvalue weighted by molar-refractivity contribution is 7.98. The van der Waals surface area contributed by atoms with Crippen molar-refractivity contribution in [2.45, 2.75) is 18.6 Å². The van der Waals surface area contributed by atoms with Crippen LogP contribution in [0, 0.1) is 5.82 Å². The number of anilines is 1. The van der Waals surface area contributed by atoms with Crippen molar-refractivity contribution in [3.8, 4) is 0 Å². The lowest BCUT2D eigenvalue weighted by Gasteiger charge is -2.43. The van der Waals surface area contributed by atoms with Crippen LogP contribution in [0.15, 0.2) is 18.2 Å².